The molecule has 0 aliphatic heterocycles. The Labute approximate surface area is 149 Å². The predicted octanol–water partition coefficient (Wildman–Crippen LogP) is 6.79. The summed E-state index contributed by atoms with van der Waals surface area (Å²) >= 11 is 0. The van der Waals surface area contributed by atoms with Crippen LogP contribution in [-0.2, 0) is 4.74 Å². The van der Waals surface area contributed by atoms with Gasteiger partial charge in [0, 0.05) is 0 Å². The minimum absolute atomic E-state index is 0.205. The maximum absolute atomic E-state index is 5.89. The highest BCUT2D eigenvalue weighted by Crippen LogP contribution is 2.43. The molecule has 2 atom stereocenters. The highest BCUT2D eigenvalue weighted by molar-refractivity contribution is 5.30. The van der Waals surface area contributed by atoms with E-state index in [0.717, 1.165) is 5.75 Å². The molecule has 1 aromatic carbocycles. The van der Waals surface area contributed by atoms with Gasteiger partial charge in [-0.3, -0.25) is 0 Å². The van der Waals surface area contributed by atoms with E-state index in [9.17, 15) is 0 Å². The lowest BCUT2D eigenvalue weighted by atomic mass is 9.69. The van der Waals surface area contributed by atoms with Crippen molar-refractivity contribution >= 4 is 0 Å². The second kappa shape index (κ2) is 7.47. The molecule has 0 bridgehead atoms. The van der Waals surface area contributed by atoms with Crippen LogP contribution in [0.15, 0.2) is 24.3 Å². The summed E-state index contributed by atoms with van der Waals surface area (Å²) in [5.41, 5.74) is 1.72. The van der Waals surface area contributed by atoms with E-state index in [4.69, 9.17) is 9.47 Å². The molecule has 1 rings (SSSR count). The van der Waals surface area contributed by atoms with E-state index in [-0.39, 0.29) is 17.3 Å². The third-order valence-corrected chi connectivity index (χ3v) is 3.97. The Hall–Kier alpha value is -1.02. The summed E-state index contributed by atoms with van der Waals surface area (Å²) in [6, 6.07) is 8.56. The van der Waals surface area contributed by atoms with Crippen LogP contribution in [0.4, 0.5) is 0 Å². The monoisotopic (exact) mass is 334 g/mol. The molecule has 24 heavy (non-hydrogen) atoms. The molecule has 2 unspecified atom stereocenters. The Morgan fingerprint density at radius 3 is 1.71 bits per heavy atom. The van der Waals surface area contributed by atoms with E-state index >= 15 is 0 Å². The van der Waals surface area contributed by atoms with Gasteiger partial charge in [0.2, 0.25) is 0 Å². The fourth-order valence-corrected chi connectivity index (χ4v) is 3.03. The van der Waals surface area contributed by atoms with Gasteiger partial charge in [0.15, 0.2) is 6.29 Å². The maximum Gasteiger partial charge on any atom is 0.197 e. The Balaban J connectivity index is 2.87. The van der Waals surface area contributed by atoms with Crippen LogP contribution >= 0.6 is 0 Å². The van der Waals surface area contributed by atoms with Crippen LogP contribution in [0.5, 0.6) is 5.75 Å². The van der Waals surface area contributed by atoms with Crippen LogP contribution in [0, 0.1) is 10.8 Å². The smallest absolute Gasteiger partial charge is 0.197 e. The Morgan fingerprint density at radius 1 is 0.833 bits per heavy atom. The summed E-state index contributed by atoms with van der Waals surface area (Å²) in [6.07, 6.45) is 0.907. The molecule has 0 heterocycles. The molecular formula is C22H38O2. The second-order valence-electron chi connectivity index (χ2n) is 10.2. The molecule has 0 spiro atoms. The summed E-state index contributed by atoms with van der Waals surface area (Å²) in [5.74, 6) is 1.38. The highest BCUT2D eigenvalue weighted by atomic mass is 16.7. The lowest BCUT2D eigenvalue weighted by molar-refractivity contribution is -0.140. The lowest BCUT2D eigenvalue weighted by Gasteiger charge is -2.36. The molecule has 2 heteroatoms. The van der Waals surface area contributed by atoms with Gasteiger partial charge in [0.1, 0.15) is 5.75 Å². The number of rotatable bonds is 5. The summed E-state index contributed by atoms with van der Waals surface area (Å²) in [5, 5.41) is 0. The molecule has 0 N–H and O–H groups in total. The fraction of sp³-hybridized carbons (Fsp3) is 0.727. The average molecular weight is 335 g/mol. The standard InChI is InChI=1S/C22H38O2/c1-16(24-22(8,9)10)23-18-13-11-17(12-14-18)19(21(5,6)7)15-20(2,3)4/h11-14,16,19H,15H2,1-10H3. The van der Waals surface area contributed by atoms with Gasteiger partial charge in [-0.2, -0.15) is 0 Å². The third-order valence-electron chi connectivity index (χ3n) is 3.97. The number of ether oxygens (including phenoxy) is 2. The minimum atomic E-state index is -0.260. The fourth-order valence-electron chi connectivity index (χ4n) is 3.03. The van der Waals surface area contributed by atoms with Crippen molar-refractivity contribution in [2.45, 2.75) is 93.5 Å². The van der Waals surface area contributed by atoms with Crippen LogP contribution in [0.2, 0.25) is 0 Å². The van der Waals surface area contributed by atoms with Crippen molar-refractivity contribution in [2.75, 3.05) is 0 Å². The van der Waals surface area contributed by atoms with E-state index < -0.39 is 0 Å². The molecule has 0 aromatic heterocycles. The SMILES string of the molecule is CC(Oc1ccc(C(CC(C)(C)C)C(C)(C)C)cc1)OC(C)(C)C. The van der Waals surface area contributed by atoms with Crippen molar-refractivity contribution in [1.29, 1.82) is 0 Å². The molecule has 0 aliphatic rings. The van der Waals surface area contributed by atoms with Crippen LogP contribution in [-0.4, -0.2) is 11.9 Å². The zero-order valence-electron chi connectivity index (χ0n) is 17.5. The van der Waals surface area contributed by atoms with Gasteiger partial charge in [-0.05, 0) is 68.6 Å². The molecule has 2 nitrogen and oxygen atoms in total. The summed E-state index contributed by atoms with van der Waals surface area (Å²) in [7, 11) is 0. The van der Waals surface area contributed by atoms with Gasteiger partial charge in [-0.15, -0.1) is 0 Å². The Bertz CT molecular complexity index is 495. The van der Waals surface area contributed by atoms with Gasteiger partial charge < -0.3 is 9.47 Å². The molecule has 0 saturated carbocycles. The van der Waals surface area contributed by atoms with Crippen LogP contribution in [0.1, 0.15) is 87.1 Å². The molecule has 0 radical (unpaired) electrons. The third kappa shape index (κ3) is 7.70. The second-order valence-corrected chi connectivity index (χ2v) is 10.2. The number of benzene rings is 1. The minimum Gasteiger partial charge on any atom is -0.465 e. The average Bonchev–Trinajstić information content (AvgIpc) is 2.32. The summed E-state index contributed by atoms with van der Waals surface area (Å²) in [6.45, 7) is 22.0. The Kier molecular flexibility index (Phi) is 6.55. The van der Waals surface area contributed by atoms with Crippen LogP contribution in [0.25, 0.3) is 0 Å². The zero-order chi connectivity index (χ0) is 18.8. The predicted molar refractivity (Wildman–Crippen MR) is 104 cm³/mol. The first-order valence-electron chi connectivity index (χ1n) is 9.12. The van der Waals surface area contributed by atoms with Gasteiger partial charge in [-0.25, -0.2) is 0 Å². The Morgan fingerprint density at radius 2 is 1.33 bits per heavy atom. The van der Waals surface area contributed by atoms with Gasteiger partial charge >= 0.3 is 0 Å². The van der Waals surface area contributed by atoms with Gasteiger partial charge in [0.05, 0.1) is 5.60 Å². The van der Waals surface area contributed by atoms with E-state index in [1.807, 2.05) is 27.7 Å². The summed E-state index contributed by atoms with van der Waals surface area (Å²) < 4.78 is 11.7. The van der Waals surface area contributed by atoms with Crippen molar-refractivity contribution in [3.8, 4) is 5.75 Å². The lowest BCUT2D eigenvalue weighted by Crippen LogP contribution is -2.29. The first-order valence-corrected chi connectivity index (χ1v) is 9.12. The first-order chi connectivity index (χ1) is 10.7. The number of hydrogen-bond donors (Lipinski definition) is 0. The van der Waals surface area contributed by atoms with Crippen molar-refractivity contribution in [3.63, 3.8) is 0 Å². The van der Waals surface area contributed by atoms with Crippen LogP contribution < -0.4 is 4.74 Å². The molecule has 0 aliphatic carbocycles. The summed E-state index contributed by atoms with van der Waals surface area (Å²) in [4.78, 5) is 0. The molecule has 138 valence electrons. The van der Waals surface area contributed by atoms with Crippen molar-refractivity contribution in [2.24, 2.45) is 10.8 Å². The van der Waals surface area contributed by atoms with E-state index in [0.29, 0.717) is 11.3 Å². The van der Waals surface area contributed by atoms with E-state index in [2.05, 4.69) is 65.8 Å². The zero-order valence-corrected chi connectivity index (χ0v) is 17.5. The highest BCUT2D eigenvalue weighted by Gasteiger charge is 2.30. The van der Waals surface area contributed by atoms with Crippen molar-refractivity contribution < 1.29 is 9.47 Å². The van der Waals surface area contributed by atoms with Gasteiger partial charge in [0.25, 0.3) is 0 Å². The van der Waals surface area contributed by atoms with Gasteiger partial charge in [-0.1, -0.05) is 53.7 Å². The molecule has 0 fully saturated rings. The number of hydrogen-bond acceptors (Lipinski definition) is 2. The first kappa shape index (κ1) is 21.0. The van der Waals surface area contributed by atoms with Crippen molar-refractivity contribution in [3.05, 3.63) is 29.8 Å². The molecular weight excluding hydrogens is 296 g/mol. The molecule has 0 amide bonds. The van der Waals surface area contributed by atoms with E-state index in [1.165, 1.54) is 12.0 Å². The molecule has 0 saturated heterocycles. The van der Waals surface area contributed by atoms with Crippen molar-refractivity contribution in [1.82, 2.24) is 0 Å². The molecule has 1 aromatic rings. The maximum atomic E-state index is 5.89. The van der Waals surface area contributed by atoms with Crippen LogP contribution in [0.3, 0.4) is 0 Å². The normalized spacial score (nSPS) is 15.9. The van der Waals surface area contributed by atoms with E-state index in [1.54, 1.807) is 0 Å². The topological polar surface area (TPSA) is 18.5 Å². The largest absolute Gasteiger partial charge is 0.465 e. The quantitative estimate of drug-likeness (QED) is 0.552.